The van der Waals surface area contributed by atoms with Gasteiger partial charge in [0.2, 0.25) is 0 Å². The fraction of sp³-hybridized carbons (Fsp3) is 1.00. The van der Waals surface area contributed by atoms with Gasteiger partial charge in [0.15, 0.2) is 0 Å². The van der Waals surface area contributed by atoms with E-state index in [4.69, 9.17) is 0 Å². The molecule has 4 heteroatoms. The van der Waals surface area contributed by atoms with Crippen LogP contribution in [0.4, 0.5) is 0 Å². The van der Waals surface area contributed by atoms with Crippen LogP contribution in [-0.2, 0) is 0 Å². The molecule has 70 valence electrons. The molecule has 1 fully saturated rings. The normalized spacial score (nSPS) is 22.7. The molecular formula is C8H18BIN2. The smallest absolute Gasteiger partial charge is 0.280 e. The summed E-state index contributed by atoms with van der Waals surface area (Å²) in [6.45, 7) is 11.8. The van der Waals surface area contributed by atoms with Crippen molar-refractivity contribution in [2.45, 2.75) is 26.3 Å². The van der Waals surface area contributed by atoms with E-state index >= 15 is 0 Å². The van der Waals surface area contributed by atoms with Crippen LogP contribution >= 0.6 is 22.4 Å². The first-order chi connectivity index (χ1) is 5.54. The van der Waals surface area contributed by atoms with E-state index in [0.29, 0.717) is 5.54 Å². The Kier molecular flexibility index (Phi) is 3.85. The van der Waals surface area contributed by atoms with Gasteiger partial charge in [-0.05, 0) is 20.8 Å². The molecule has 0 bridgehead atoms. The predicted molar refractivity (Wildman–Crippen MR) is 64.1 cm³/mol. The summed E-state index contributed by atoms with van der Waals surface area (Å²) in [4.78, 5) is 5.07. The summed E-state index contributed by atoms with van der Waals surface area (Å²) >= 11 is 2.44. The van der Waals surface area contributed by atoms with E-state index < -0.39 is 0 Å². The molecule has 0 unspecified atom stereocenters. The first kappa shape index (κ1) is 10.8. The molecule has 0 radical (unpaired) electrons. The Hall–Kier alpha value is 0.715. The van der Waals surface area contributed by atoms with Crippen LogP contribution < -0.4 is 0 Å². The maximum atomic E-state index is 2.57. The highest BCUT2D eigenvalue weighted by molar-refractivity contribution is 14.1. The highest BCUT2D eigenvalue weighted by atomic mass is 127. The minimum absolute atomic E-state index is 0.358. The van der Waals surface area contributed by atoms with Gasteiger partial charge in [-0.2, -0.15) is 0 Å². The van der Waals surface area contributed by atoms with Crippen molar-refractivity contribution in [1.29, 1.82) is 0 Å². The van der Waals surface area contributed by atoms with Gasteiger partial charge in [-0.3, -0.25) is 4.90 Å². The molecule has 0 atom stereocenters. The lowest BCUT2D eigenvalue weighted by Gasteiger charge is -2.41. The van der Waals surface area contributed by atoms with Crippen molar-refractivity contribution in [1.82, 2.24) is 9.71 Å². The largest absolute Gasteiger partial charge is 0.334 e. The van der Waals surface area contributed by atoms with E-state index in [0.717, 1.165) is 0 Å². The minimum Gasteiger partial charge on any atom is -0.334 e. The Balaban J connectivity index is 2.36. The number of hydrogen-bond acceptors (Lipinski definition) is 2. The molecule has 1 saturated heterocycles. The van der Waals surface area contributed by atoms with Crippen LogP contribution in [-0.4, -0.2) is 46.7 Å². The van der Waals surface area contributed by atoms with Crippen LogP contribution in [0, 0.1) is 0 Å². The highest BCUT2D eigenvalue weighted by Gasteiger charge is 2.24. The molecule has 0 amide bonds. The fourth-order valence-corrected chi connectivity index (χ4v) is 2.22. The van der Waals surface area contributed by atoms with Crippen LogP contribution in [0.25, 0.3) is 0 Å². The maximum Gasteiger partial charge on any atom is 0.280 e. The number of rotatable bonds is 1. The molecule has 1 heterocycles. The summed E-state index contributed by atoms with van der Waals surface area (Å²) < 4.78 is 0. The molecule has 1 aliphatic heterocycles. The van der Waals surface area contributed by atoms with E-state index in [2.05, 4.69) is 52.9 Å². The van der Waals surface area contributed by atoms with E-state index in [1.807, 2.05) is 0 Å². The van der Waals surface area contributed by atoms with Gasteiger partial charge in [0.25, 0.3) is 5.27 Å². The van der Waals surface area contributed by atoms with Gasteiger partial charge in [-0.1, -0.05) is 0 Å². The molecular weight excluding hydrogens is 262 g/mol. The second kappa shape index (κ2) is 4.29. The molecule has 0 saturated carbocycles. The third-order valence-corrected chi connectivity index (χ3v) is 3.45. The lowest BCUT2D eigenvalue weighted by atomic mass is 10.0. The lowest BCUT2D eigenvalue weighted by Crippen LogP contribution is -2.53. The minimum atomic E-state index is 0.358. The summed E-state index contributed by atoms with van der Waals surface area (Å²) in [5.41, 5.74) is 0.358. The van der Waals surface area contributed by atoms with Crippen molar-refractivity contribution in [2.75, 3.05) is 26.2 Å². The second-order valence-electron chi connectivity index (χ2n) is 4.40. The van der Waals surface area contributed by atoms with Gasteiger partial charge >= 0.3 is 0 Å². The zero-order chi connectivity index (χ0) is 9.19. The van der Waals surface area contributed by atoms with Gasteiger partial charge in [0, 0.05) is 31.7 Å². The van der Waals surface area contributed by atoms with Crippen molar-refractivity contribution in [3.05, 3.63) is 0 Å². The molecule has 0 aromatic heterocycles. The van der Waals surface area contributed by atoms with Crippen LogP contribution in [0.2, 0.25) is 0 Å². The standard InChI is InChI=1S/C8H18BIN2/c1-8(2,3)11-4-6-12(9-10)7-5-11/h9H,4-7H2,1-3H3. The van der Waals surface area contributed by atoms with E-state index in [1.165, 1.54) is 31.4 Å². The average molecular weight is 280 g/mol. The SMILES string of the molecule is CC(C)(C)N1CCN(BI)CC1. The monoisotopic (exact) mass is 280 g/mol. The average Bonchev–Trinajstić information content (AvgIpc) is 2.03. The predicted octanol–water partition coefficient (Wildman–Crippen LogP) is 1.10. The molecule has 2 nitrogen and oxygen atoms in total. The van der Waals surface area contributed by atoms with Gasteiger partial charge in [-0.15, -0.1) is 22.4 Å². The van der Waals surface area contributed by atoms with E-state index in [1.54, 1.807) is 0 Å². The van der Waals surface area contributed by atoms with Crippen LogP contribution in [0.15, 0.2) is 0 Å². The Morgan fingerprint density at radius 2 is 1.58 bits per heavy atom. The van der Waals surface area contributed by atoms with E-state index in [9.17, 15) is 0 Å². The quantitative estimate of drug-likeness (QED) is 0.524. The number of hydrogen-bond donors (Lipinski definition) is 0. The summed E-state index contributed by atoms with van der Waals surface area (Å²) in [6.07, 6.45) is 0. The number of nitrogens with zero attached hydrogens (tertiary/aromatic N) is 2. The molecule has 0 N–H and O–H groups in total. The first-order valence-electron chi connectivity index (χ1n) is 4.57. The third-order valence-electron chi connectivity index (χ3n) is 2.49. The third kappa shape index (κ3) is 2.89. The molecule has 0 spiro atoms. The van der Waals surface area contributed by atoms with Gasteiger partial charge in [0.05, 0.1) is 0 Å². The molecule has 1 rings (SSSR count). The van der Waals surface area contributed by atoms with Crippen LogP contribution in [0.3, 0.4) is 0 Å². The van der Waals surface area contributed by atoms with Crippen molar-refractivity contribution >= 4 is 27.6 Å². The summed E-state index contributed by atoms with van der Waals surface area (Å²) in [5.74, 6) is 0. The van der Waals surface area contributed by atoms with Crippen molar-refractivity contribution < 1.29 is 0 Å². The number of piperazine rings is 1. The topological polar surface area (TPSA) is 6.48 Å². The van der Waals surface area contributed by atoms with Crippen molar-refractivity contribution in [3.8, 4) is 0 Å². The van der Waals surface area contributed by atoms with E-state index in [-0.39, 0.29) is 0 Å². The zero-order valence-corrected chi connectivity index (χ0v) is 10.5. The summed E-state index contributed by atoms with van der Waals surface area (Å²) in [7, 11) is 0. The highest BCUT2D eigenvalue weighted by Crippen LogP contribution is 2.15. The van der Waals surface area contributed by atoms with Crippen molar-refractivity contribution in [3.63, 3.8) is 0 Å². The summed E-state index contributed by atoms with van der Waals surface area (Å²) in [5, 5.41) is 1.18. The Bertz CT molecular complexity index is 138. The van der Waals surface area contributed by atoms with Crippen LogP contribution in [0.1, 0.15) is 20.8 Å². The first-order valence-corrected chi connectivity index (χ1v) is 6.10. The number of halogens is 1. The Morgan fingerprint density at radius 1 is 1.08 bits per heavy atom. The van der Waals surface area contributed by atoms with Gasteiger partial charge in [0.1, 0.15) is 0 Å². The van der Waals surface area contributed by atoms with Crippen LogP contribution in [0.5, 0.6) is 0 Å². The second-order valence-corrected chi connectivity index (χ2v) is 5.08. The van der Waals surface area contributed by atoms with Crippen molar-refractivity contribution in [2.24, 2.45) is 0 Å². The lowest BCUT2D eigenvalue weighted by molar-refractivity contribution is 0.0929. The molecule has 0 aromatic carbocycles. The van der Waals surface area contributed by atoms with Gasteiger partial charge < -0.3 is 4.81 Å². The molecule has 0 aliphatic carbocycles. The molecule has 0 aromatic rings. The zero-order valence-electron chi connectivity index (χ0n) is 8.31. The fourth-order valence-electron chi connectivity index (χ4n) is 1.54. The Morgan fingerprint density at radius 3 is 1.92 bits per heavy atom. The molecule has 1 aliphatic rings. The molecule has 12 heavy (non-hydrogen) atoms. The maximum absolute atomic E-state index is 2.57. The summed E-state index contributed by atoms with van der Waals surface area (Å²) in [6, 6.07) is 0. The van der Waals surface area contributed by atoms with Gasteiger partial charge in [-0.25, -0.2) is 0 Å². The Labute approximate surface area is 89.8 Å².